The van der Waals surface area contributed by atoms with Gasteiger partial charge in [-0.05, 0) is 49.8 Å². The molecule has 122 valence electrons. The zero-order chi connectivity index (χ0) is 15.8. The lowest BCUT2D eigenvalue weighted by molar-refractivity contribution is 0.0631. The summed E-state index contributed by atoms with van der Waals surface area (Å²) >= 11 is 0. The van der Waals surface area contributed by atoms with Gasteiger partial charge in [0.1, 0.15) is 0 Å². The van der Waals surface area contributed by atoms with Gasteiger partial charge in [-0.2, -0.15) is 0 Å². The molecule has 0 aromatic heterocycles. The van der Waals surface area contributed by atoms with E-state index in [9.17, 15) is 4.79 Å². The Bertz CT molecular complexity index is 484. The van der Waals surface area contributed by atoms with Gasteiger partial charge in [-0.25, -0.2) is 0 Å². The molecule has 0 bridgehead atoms. The van der Waals surface area contributed by atoms with Crippen molar-refractivity contribution in [3.05, 3.63) is 23.8 Å². The van der Waals surface area contributed by atoms with Gasteiger partial charge in [0.2, 0.25) is 0 Å². The molecule has 1 fully saturated rings. The number of ether oxygens (including phenoxy) is 3. The zero-order valence-corrected chi connectivity index (χ0v) is 13.4. The van der Waals surface area contributed by atoms with Crippen molar-refractivity contribution < 1.29 is 19.0 Å². The summed E-state index contributed by atoms with van der Waals surface area (Å²) in [7, 11) is 3.14. The zero-order valence-electron chi connectivity index (χ0n) is 13.4. The van der Waals surface area contributed by atoms with Crippen LogP contribution in [0.4, 0.5) is 0 Å². The Kier molecular flexibility index (Phi) is 6.52. The molecule has 1 aliphatic heterocycles. The van der Waals surface area contributed by atoms with Crippen LogP contribution in [0.1, 0.15) is 36.0 Å². The molecule has 0 saturated carbocycles. The van der Waals surface area contributed by atoms with Gasteiger partial charge < -0.3 is 19.5 Å². The third kappa shape index (κ3) is 4.63. The molecule has 1 aliphatic rings. The number of hydrogen-bond acceptors (Lipinski definition) is 4. The van der Waals surface area contributed by atoms with Crippen LogP contribution in [0.2, 0.25) is 0 Å². The fraction of sp³-hybridized carbons (Fsp3) is 0.588. The first-order valence-electron chi connectivity index (χ1n) is 7.82. The Balaban J connectivity index is 1.77. The lowest BCUT2D eigenvalue weighted by Gasteiger charge is -2.21. The van der Waals surface area contributed by atoms with E-state index in [0.717, 1.165) is 44.8 Å². The first kappa shape index (κ1) is 16.6. The van der Waals surface area contributed by atoms with Gasteiger partial charge in [-0.1, -0.05) is 0 Å². The third-order valence-corrected chi connectivity index (χ3v) is 4.06. The summed E-state index contributed by atoms with van der Waals surface area (Å²) in [6, 6.07) is 5.19. The second-order valence-electron chi connectivity index (χ2n) is 5.52. The van der Waals surface area contributed by atoms with Crippen molar-refractivity contribution in [3.8, 4) is 11.5 Å². The second kappa shape index (κ2) is 8.63. The SMILES string of the molecule is COc1ccc(C(=O)NCCCC2CCOCC2)cc1OC. The Morgan fingerprint density at radius 2 is 1.95 bits per heavy atom. The van der Waals surface area contributed by atoms with Crippen LogP contribution in [0.3, 0.4) is 0 Å². The maximum Gasteiger partial charge on any atom is 0.251 e. The largest absolute Gasteiger partial charge is 0.493 e. The van der Waals surface area contributed by atoms with E-state index in [-0.39, 0.29) is 5.91 Å². The average Bonchev–Trinajstić information content (AvgIpc) is 2.58. The first-order valence-corrected chi connectivity index (χ1v) is 7.82. The molecule has 1 heterocycles. The smallest absolute Gasteiger partial charge is 0.251 e. The normalized spacial score (nSPS) is 15.4. The second-order valence-corrected chi connectivity index (χ2v) is 5.52. The molecule has 5 heteroatoms. The van der Waals surface area contributed by atoms with Crippen LogP contribution < -0.4 is 14.8 Å². The van der Waals surface area contributed by atoms with Gasteiger partial charge in [0.25, 0.3) is 5.91 Å². The van der Waals surface area contributed by atoms with Crippen molar-refractivity contribution in [1.29, 1.82) is 0 Å². The molecule has 1 amide bonds. The Morgan fingerprint density at radius 1 is 1.23 bits per heavy atom. The molecule has 2 rings (SSSR count). The molecular formula is C17H25NO4. The van der Waals surface area contributed by atoms with E-state index in [0.29, 0.717) is 23.6 Å². The number of nitrogens with one attached hydrogen (secondary N) is 1. The van der Waals surface area contributed by atoms with Gasteiger partial charge in [-0.3, -0.25) is 4.79 Å². The molecule has 1 aromatic rings. The predicted octanol–water partition coefficient (Wildman–Crippen LogP) is 2.64. The minimum absolute atomic E-state index is 0.0760. The highest BCUT2D eigenvalue weighted by atomic mass is 16.5. The summed E-state index contributed by atoms with van der Waals surface area (Å²) < 4.78 is 15.7. The highest BCUT2D eigenvalue weighted by Gasteiger charge is 2.14. The van der Waals surface area contributed by atoms with Gasteiger partial charge in [-0.15, -0.1) is 0 Å². The van der Waals surface area contributed by atoms with Crippen LogP contribution in [0.5, 0.6) is 11.5 Å². The van der Waals surface area contributed by atoms with Crippen molar-refractivity contribution >= 4 is 5.91 Å². The summed E-state index contributed by atoms with van der Waals surface area (Å²) in [5.74, 6) is 1.86. The molecule has 5 nitrogen and oxygen atoms in total. The summed E-state index contributed by atoms with van der Waals surface area (Å²) in [4.78, 5) is 12.1. The van der Waals surface area contributed by atoms with E-state index in [1.165, 1.54) is 0 Å². The van der Waals surface area contributed by atoms with Gasteiger partial charge in [0, 0.05) is 25.3 Å². The van der Waals surface area contributed by atoms with E-state index < -0.39 is 0 Å². The predicted molar refractivity (Wildman–Crippen MR) is 84.7 cm³/mol. The highest BCUT2D eigenvalue weighted by molar-refractivity contribution is 5.94. The summed E-state index contributed by atoms with van der Waals surface area (Å²) in [5, 5.41) is 2.96. The molecule has 0 unspecified atom stereocenters. The van der Waals surface area contributed by atoms with E-state index >= 15 is 0 Å². The van der Waals surface area contributed by atoms with Crippen LogP contribution in [-0.2, 0) is 4.74 Å². The van der Waals surface area contributed by atoms with Crippen molar-refractivity contribution in [3.63, 3.8) is 0 Å². The lowest BCUT2D eigenvalue weighted by atomic mass is 9.95. The molecular weight excluding hydrogens is 282 g/mol. The Morgan fingerprint density at radius 3 is 2.64 bits per heavy atom. The van der Waals surface area contributed by atoms with E-state index in [1.807, 2.05) is 0 Å². The van der Waals surface area contributed by atoms with Crippen molar-refractivity contribution in [1.82, 2.24) is 5.32 Å². The molecule has 0 atom stereocenters. The van der Waals surface area contributed by atoms with Gasteiger partial charge in [0.05, 0.1) is 14.2 Å². The van der Waals surface area contributed by atoms with Crippen molar-refractivity contribution in [2.24, 2.45) is 5.92 Å². The van der Waals surface area contributed by atoms with Crippen LogP contribution >= 0.6 is 0 Å². The molecule has 22 heavy (non-hydrogen) atoms. The summed E-state index contributed by atoms with van der Waals surface area (Å²) in [5.41, 5.74) is 0.587. The fourth-order valence-electron chi connectivity index (χ4n) is 2.71. The molecule has 1 saturated heterocycles. The van der Waals surface area contributed by atoms with Gasteiger partial charge >= 0.3 is 0 Å². The molecule has 0 spiro atoms. The third-order valence-electron chi connectivity index (χ3n) is 4.06. The Labute approximate surface area is 131 Å². The van der Waals surface area contributed by atoms with E-state index in [4.69, 9.17) is 14.2 Å². The minimum Gasteiger partial charge on any atom is -0.493 e. The maximum absolute atomic E-state index is 12.1. The summed E-state index contributed by atoms with van der Waals surface area (Å²) in [6.07, 6.45) is 4.44. The molecule has 0 radical (unpaired) electrons. The summed E-state index contributed by atoms with van der Waals surface area (Å²) in [6.45, 7) is 2.45. The highest BCUT2D eigenvalue weighted by Crippen LogP contribution is 2.27. The first-order chi connectivity index (χ1) is 10.7. The standard InChI is InChI=1S/C17H25NO4/c1-20-15-6-5-14(12-16(15)21-2)17(19)18-9-3-4-13-7-10-22-11-8-13/h5-6,12-13H,3-4,7-11H2,1-2H3,(H,18,19). The molecule has 1 aromatic carbocycles. The number of rotatable bonds is 7. The number of amides is 1. The van der Waals surface area contributed by atoms with Crippen LogP contribution in [0.15, 0.2) is 18.2 Å². The van der Waals surface area contributed by atoms with Crippen LogP contribution in [-0.4, -0.2) is 39.9 Å². The van der Waals surface area contributed by atoms with Crippen LogP contribution in [0, 0.1) is 5.92 Å². The number of benzene rings is 1. The number of methoxy groups -OCH3 is 2. The van der Waals surface area contributed by atoms with E-state index in [2.05, 4.69) is 5.32 Å². The average molecular weight is 307 g/mol. The number of carbonyl (C=O) groups excluding carboxylic acids is 1. The van der Waals surface area contributed by atoms with Crippen LogP contribution in [0.25, 0.3) is 0 Å². The molecule has 0 aliphatic carbocycles. The quantitative estimate of drug-likeness (QED) is 0.787. The fourth-order valence-corrected chi connectivity index (χ4v) is 2.71. The monoisotopic (exact) mass is 307 g/mol. The van der Waals surface area contributed by atoms with Crippen molar-refractivity contribution in [2.45, 2.75) is 25.7 Å². The maximum atomic E-state index is 12.1. The van der Waals surface area contributed by atoms with E-state index in [1.54, 1.807) is 32.4 Å². The molecule has 1 N–H and O–H groups in total. The van der Waals surface area contributed by atoms with Crippen molar-refractivity contribution in [2.75, 3.05) is 34.0 Å². The number of carbonyl (C=O) groups is 1. The topological polar surface area (TPSA) is 56.8 Å². The minimum atomic E-state index is -0.0760. The lowest BCUT2D eigenvalue weighted by Crippen LogP contribution is -2.25. The Hall–Kier alpha value is -1.75. The van der Waals surface area contributed by atoms with Gasteiger partial charge in [0.15, 0.2) is 11.5 Å². The number of hydrogen-bond donors (Lipinski definition) is 1.